The predicted molar refractivity (Wildman–Crippen MR) is 77.2 cm³/mol. The SMILES string of the molecule is Cc1c(C2CCCNC2)n(C)c2c(C)cccc12. The molecule has 0 saturated carbocycles. The zero-order valence-electron chi connectivity index (χ0n) is 11.6. The molecular weight excluding hydrogens is 220 g/mol. The van der Waals surface area contributed by atoms with Crippen molar-refractivity contribution in [2.24, 2.45) is 7.05 Å². The smallest absolute Gasteiger partial charge is 0.0512 e. The van der Waals surface area contributed by atoms with Gasteiger partial charge in [-0.1, -0.05) is 18.2 Å². The van der Waals surface area contributed by atoms with Gasteiger partial charge in [0.2, 0.25) is 0 Å². The minimum atomic E-state index is 0.676. The Kier molecular flexibility index (Phi) is 2.90. The lowest BCUT2D eigenvalue weighted by Crippen LogP contribution is -2.29. The molecule has 2 nitrogen and oxygen atoms in total. The van der Waals surface area contributed by atoms with Crippen molar-refractivity contribution >= 4 is 10.9 Å². The van der Waals surface area contributed by atoms with Crippen LogP contribution in [0.25, 0.3) is 10.9 Å². The number of nitrogens with one attached hydrogen (secondary N) is 1. The third-order valence-electron chi connectivity index (χ3n) is 4.41. The number of fused-ring (bicyclic) bond motifs is 1. The molecule has 1 aromatic carbocycles. The van der Waals surface area contributed by atoms with E-state index in [9.17, 15) is 0 Å². The quantitative estimate of drug-likeness (QED) is 0.812. The third kappa shape index (κ3) is 1.67. The minimum Gasteiger partial charge on any atom is -0.347 e. The van der Waals surface area contributed by atoms with E-state index in [2.05, 4.69) is 49.0 Å². The minimum absolute atomic E-state index is 0.676. The van der Waals surface area contributed by atoms with E-state index in [0.717, 1.165) is 6.54 Å². The van der Waals surface area contributed by atoms with Crippen molar-refractivity contribution in [1.82, 2.24) is 9.88 Å². The maximum atomic E-state index is 3.53. The van der Waals surface area contributed by atoms with Gasteiger partial charge in [0.15, 0.2) is 0 Å². The number of hydrogen-bond acceptors (Lipinski definition) is 1. The molecule has 1 N–H and O–H groups in total. The summed E-state index contributed by atoms with van der Waals surface area (Å²) in [6.07, 6.45) is 2.61. The van der Waals surface area contributed by atoms with Crippen molar-refractivity contribution in [2.45, 2.75) is 32.6 Å². The van der Waals surface area contributed by atoms with Crippen LogP contribution < -0.4 is 5.32 Å². The van der Waals surface area contributed by atoms with E-state index in [1.165, 1.54) is 47.1 Å². The molecule has 0 bridgehead atoms. The van der Waals surface area contributed by atoms with Gasteiger partial charge in [0.1, 0.15) is 0 Å². The maximum Gasteiger partial charge on any atom is 0.0512 e. The van der Waals surface area contributed by atoms with Gasteiger partial charge in [0, 0.05) is 30.6 Å². The molecule has 0 spiro atoms. The molecule has 3 rings (SSSR count). The molecule has 0 radical (unpaired) electrons. The number of aryl methyl sites for hydroxylation is 3. The number of rotatable bonds is 1. The fourth-order valence-corrected chi connectivity index (χ4v) is 3.58. The predicted octanol–water partition coefficient (Wildman–Crippen LogP) is 3.26. The van der Waals surface area contributed by atoms with E-state index < -0.39 is 0 Å². The molecule has 1 aromatic heterocycles. The summed E-state index contributed by atoms with van der Waals surface area (Å²) in [6, 6.07) is 6.65. The topological polar surface area (TPSA) is 17.0 Å². The van der Waals surface area contributed by atoms with Crippen LogP contribution in [0.4, 0.5) is 0 Å². The van der Waals surface area contributed by atoms with E-state index in [1.807, 2.05) is 0 Å². The highest BCUT2D eigenvalue weighted by atomic mass is 15.0. The van der Waals surface area contributed by atoms with Gasteiger partial charge < -0.3 is 9.88 Å². The van der Waals surface area contributed by atoms with Crippen LogP contribution in [0.5, 0.6) is 0 Å². The van der Waals surface area contributed by atoms with Crippen molar-refractivity contribution in [1.29, 1.82) is 0 Å². The zero-order valence-corrected chi connectivity index (χ0v) is 11.6. The van der Waals surface area contributed by atoms with Crippen molar-refractivity contribution in [2.75, 3.05) is 13.1 Å². The van der Waals surface area contributed by atoms with Gasteiger partial charge in [0.05, 0.1) is 5.52 Å². The second-order valence-corrected chi connectivity index (χ2v) is 5.58. The number of piperidine rings is 1. The Labute approximate surface area is 109 Å². The summed E-state index contributed by atoms with van der Waals surface area (Å²) in [4.78, 5) is 0. The van der Waals surface area contributed by atoms with Crippen LogP contribution in [0, 0.1) is 13.8 Å². The second-order valence-electron chi connectivity index (χ2n) is 5.58. The van der Waals surface area contributed by atoms with Gasteiger partial charge in [-0.05, 0) is 44.4 Å². The van der Waals surface area contributed by atoms with E-state index in [0.29, 0.717) is 5.92 Å². The third-order valence-corrected chi connectivity index (χ3v) is 4.41. The highest BCUT2D eigenvalue weighted by Gasteiger charge is 2.22. The van der Waals surface area contributed by atoms with Gasteiger partial charge >= 0.3 is 0 Å². The average molecular weight is 242 g/mol. The molecule has 1 aliphatic rings. The summed E-state index contributed by atoms with van der Waals surface area (Å²) in [7, 11) is 2.23. The molecule has 18 heavy (non-hydrogen) atoms. The zero-order chi connectivity index (χ0) is 12.7. The lowest BCUT2D eigenvalue weighted by molar-refractivity contribution is 0.447. The Bertz CT molecular complexity index is 574. The molecule has 1 aliphatic heterocycles. The molecule has 1 fully saturated rings. The first-order valence-electron chi connectivity index (χ1n) is 6.95. The molecule has 1 unspecified atom stereocenters. The first kappa shape index (κ1) is 11.8. The summed E-state index contributed by atoms with van der Waals surface area (Å²) in [6.45, 7) is 6.80. The number of benzene rings is 1. The normalized spacial score (nSPS) is 20.5. The number of nitrogens with zero attached hydrogens (tertiary/aromatic N) is 1. The van der Waals surface area contributed by atoms with Crippen LogP contribution in [-0.4, -0.2) is 17.7 Å². The van der Waals surface area contributed by atoms with Crippen LogP contribution in [0.1, 0.15) is 35.6 Å². The van der Waals surface area contributed by atoms with Gasteiger partial charge in [-0.2, -0.15) is 0 Å². The standard InChI is InChI=1S/C16H22N2/c1-11-6-4-8-14-12(2)16(18(3)15(11)14)13-7-5-9-17-10-13/h4,6,8,13,17H,5,7,9-10H2,1-3H3. The Morgan fingerprint density at radius 3 is 2.78 bits per heavy atom. The van der Waals surface area contributed by atoms with Crippen LogP contribution >= 0.6 is 0 Å². The molecule has 1 saturated heterocycles. The lowest BCUT2D eigenvalue weighted by Gasteiger charge is -2.24. The molecular formula is C16H22N2. The molecule has 2 aromatic rings. The summed E-state index contributed by atoms with van der Waals surface area (Å²) >= 11 is 0. The van der Waals surface area contributed by atoms with E-state index in [-0.39, 0.29) is 0 Å². The van der Waals surface area contributed by atoms with Crippen LogP contribution in [0.15, 0.2) is 18.2 Å². The number of hydrogen-bond donors (Lipinski definition) is 1. The van der Waals surface area contributed by atoms with Crippen molar-refractivity contribution in [3.05, 3.63) is 35.0 Å². The number of aromatic nitrogens is 1. The maximum absolute atomic E-state index is 3.53. The van der Waals surface area contributed by atoms with Crippen LogP contribution in [0.2, 0.25) is 0 Å². The molecule has 96 valence electrons. The largest absolute Gasteiger partial charge is 0.347 e. The van der Waals surface area contributed by atoms with Gasteiger partial charge in [-0.3, -0.25) is 0 Å². The molecule has 0 aliphatic carbocycles. The van der Waals surface area contributed by atoms with Crippen LogP contribution in [-0.2, 0) is 7.05 Å². The second kappa shape index (κ2) is 4.43. The lowest BCUT2D eigenvalue weighted by atomic mass is 9.93. The summed E-state index contributed by atoms with van der Waals surface area (Å²) in [5.41, 5.74) is 5.81. The van der Waals surface area contributed by atoms with Crippen molar-refractivity contribution in [3.63, 3.8) is 0 Å². The molecule has 2 heterocycles. The average Bonchev–Trinajstić information content (AvgIpc) is 2.64. The van der Waals surface area contributed by atoms with Gasteiger partial charge in [-0.15, -0.1) is 0 Å². The van der Waals surface area contributed by atoms with Crippen LogP contribution in [0.3, 0.4) is 0 Å². The fourth-order valence-electron chi connectivity index (χ4n) is 3.58. The van der Waals surface area contributed by atoms with E-state index in [1.54, 1.807) is 0 Å². The first-order valence-corrected chi connectivity index (χ1v) is 6.95. The molecule has 2 heteroatoms. The fraction of sp³-hybridized carbons (Fsp3) is 0.500. The summed E-state index contributed by atoms with van der Waals surface area (Å²) < 4.78 is 2.43. The van der Waals surface area contributed by atoms with Gasteiger partial charge in [0.25, 0.3) is 0 Å². The molecule has 1 atom stereocenters. The van der Waals surface area contributed by atoms with Crippen molar-refractivity contribution in [3.8, 4) is 0 Å². The monoisotopic (exact) mass is 242 g/mol. The van der Waals surface area contributed by atoms with Gasteiger partial charge in [-0.25, -0.2) is 0 Å². The summed E-state index contributed by atoms with van der Waals surface area (Å²) in [5, 5.41) is 4.96. The Balaban J connectivity index is 2.20. The first-order chi connectivity index (χ1) is 8.70. The van der Waals surface area contributed by atoms with E-state index >= 15 is 0 Å². The highest BCUT2D eigenvalue weighted by Crippen LogP contribution is 2.34. The van der Waals surface area contributed by atoms with Crippen molar-refractivity contribution < 1.29 is 0 Å². The Morgan fingerprint density at radius 2 is 2.11 bits per heavy atom. The van der Waals surface area contributed by atoms with E-state index in [4.69, 9.17) is 0 Å². The number of para-hydroxylation sites is 1. The summed E-state index contributed by atoms with van der Waals surface area (Å²) in [5.74, 6) is 0.676. The Morgan fingerprint density at radius 1 is 1.28 bits per heavy atom. The highest BCUT2D eigenvalue weighted by molar-refractivity contribution is 5.88. The Hall–Kier alpha value is -1.28. The molecule has 0 amide bonds.